The van der Waals surface area contributed by atoms with E-state index in [2.05, 4.69) is 0 Å². The van der Waals surface area contributed by atoms with E-state index in [0.717, 1.165) is 24.1 Å². The first-order valence-corrected chi connectivity index (χ1v) is 6.39. The smallest absolute Gasteiger partial charge is 0.335 e. The highest BCUT2D eigenvalue weighted by molar-refractivity contribution is 6.07. The van der Waals surface area contributed by atoms with Gasteiger partial charge >= 0.3 is 5.97 Å². The summed E-state index contributed by atoms with van der Waals surface area (Å²) in [6, 6.07) is 4.97. The molecule has 1 aliphatic rings. The molecule has 4 heteroatoms. The van der Waals surface area contributed by atoms with E-state index in [0.29, 0.717) is 12.1 Å². The van der Waals surface area contributed by atoms with Gasteiger partial charge in [0.15, 0.2) is 0 Å². The Morgan fingerprint density at radius 1 is 1.42 bits per heavy atom. The zero-order chi connectivity index (χ0) is 14.0. The maximum atomic E-state index is 12.3. The van der Waals surface area contributed by atoms with Crippen LogP contribution in [-0.4, -0.2) is 23.5 Å². The van der Waals surface area contributed by atoms with Gasteiger partial charge in [-0.25, -0.2) is 4.79 Å². The molecule has 0 radical (unpaired) electrons. The van der Waals surface area contributed by atoms with Crippen molar-refractivity contribution < 1.29 is 14.7 Å². The number of nitrogens with zero attached hydrogens (tertiary/aromatic N) is 1. The molecule has 0 saturated carbocycles. The summed E-state index contributed by atoms with van der Waals surface area (Å²) in [5.74, 6) is -1.01. The molecular formula is C15H17NO3. The molecule has 4 nitrogen and oxygen atoms in total. The third-order valence-corrected chi connectivity index (χ3v) is 3.32. The highest BCUT2D eigenvalue weighted by Gasteiger charge is 2.26. The van der Waals surface area contributed by atoms with Gasteiger partial charge < -0.3 is 10.0 Å². The minimum atomic E-state index is -0.970. The second-order valence-corrected chi connectivity index (χ2v) is 4.65. The fraction of sp³-hybridized carbons (Fsp3) is 0.333. The van der Waals surface area contributed by atoms with Crippen molar-refractivity contribution in [3.63, 3.8) is 0 Å². The number of aromatic carboxylic acids is 1. The van der Waals surface area contributed by atoms with Crippen LogP contribution >= 0.6 is 0 Å². The van der Waals surface area contributed by atoms with Crippen LogP contribution in [0.2, 0.25) is 0 Å². The number of carboxylic acids is 1. The number of hydrogen-bond donors (Lipinski definition) is 1. The van der Waals surface area contributed by atoms with Crippen LogP contribution in [0.1, 0.15) is 36.2 Å². The van der Waals surface area contributed by atoms with Gasteiger partial charge in [-0.15, -0.1) is 0 Å². The Bertz CT molecular complexity index is 561. The monoisotopic (exact) mass is 259 g/mol. The molecule has 100 valence electrons. The maximum Gasteiger partial charge on any atom is 0.335 e. The minimum Gasteiger partial charge on any atom is -0.478 e. The molecule has 1 N–H and O–H groups in total. The molecule has 2 rings (SSSR count). The Morgan fingerprint density at radius 3 is 2.79 bits per heavy atom. The average molecular weight is 259 g/mol. The van der Waals surface area contributed by atoms with E-state index in [1.807, 2.05) is 13.0 Å². The van der Waals surface area contributed by atoms with Gasteiger partial charge in [0.25, 0.3) is 5.91 Å². The maximum absolute atomic E-state index is 12.3. The van der Waals surface area contributed by atoms with Crippen LogP contribution in [0.3, 0.4) is 0 Å². The first kappa shape index (κ1) is 13.3. The van der Waals surface area contributed by atoms with Crippen LogP contribution < -0.4 is 4.90 Å². The number of amides is 1. The van der Waals surface area contributed by atoms with Crippen LogP contribution in [0.5, 0.6) is 0 Å². The summed E-state index contributed by atoms with van der Waals surface area (Å²) < 4.78 is 0. The summed E-state index contributed by atoms with van der Waals surface area (Å²) in [6.45, 7) is 4.40. The number of fused-ring (bicyclic) bond motifs is 1. The third kappa shape index (κ3) is 2.52. The van der Waals surface area contributed by atoms with E-state index in [4.69, 9.17) is 5.11 Å². The van der Waals surface area contributed by atoms with Gasteiger partial charge in [0.2, 0.25) is 0 Å². The number of carboxylic acid groups (broad SMARTS) is 1. The lowest BCUT2D eigenvalue weighted by Gasteiger charge is -2.18. The first-order chi connectivity index (χ1) is 9.04. The number of anilines is 1. The lowest BCUT2D eigenvalue weighted by molar-refractivity contribution is -0.115. The minimum absolute atomic E-state index is 0.0388. The van der Waals surface area contributed by atoms with E-state index >= 15 is 0 Å². The Morgan fingerprint density at radius 2 is 2.16 bits per heavy atom. The quantitative estimate of drug-likeness (QED) is 0.849. The van der Waals surface area contributed by atoms with Crippen molar-refractivity contribution in [3.05, 3.63) is 41.0 Å². The molecule has 1 heterocycles. The van der Waals surface area contributed by atoms with E-state index in [1.165, 1.54) is 0 Å². The van der Waals surface area contributed by atoms with Crippen LogP contribution in [-0.2, 0) is 11.2 Å². The molecule has 0 fully saturated rings. The molecule has 19 heavy (non-hydrogen) atoms. The van der Waals surface area contributed by atoms with E-state index in [-0.39, 0.29) is 11.5 Å². The van der Waals surface area contributed by atoms with Gasteiger partial charge in [-0.2, -0.15) is 0 Å². The second-order valence-electron chi connectivity index (χ2n) is 4.65. The molecule has 0 unspecified atom stereocenters. The van der Waals surface area contributed by atoms with E-state index < -0.39 is 5.97 Å². The Labute approximate surface area is 112 Å². The number of carbonyl (C=O) groups excluding carboxylic acids is 1. The summed E-state index contributed by atoms with van der Waals surface area (Å²) in [5.41, 5.74) is 2.68. The van der Waals surface area contributed by atoms with Crippen molar-refractivity contribution in [1.82, 2.24) is 0 Å². The Kier molecular flexibility index (Phi) is 3.69. The molecule has 0 bridgehead atoms. The molecule has 0 aromatic heterocycles. The molecule has 0 aliphatic carbocycles. The van der Waals surface area contributed by atoms with Crippen molar-refractivity contribution in [2.45, 2.75) is 26.7 Å². The van der Waals surface area contributed by atoms with Crippen LogP contribution in [0.25, 0.3) is 0 Å². The van der Waals surface area contributed by atoms with Crippen molar-refractivity contribution in [3.8, 4) is 0 Å². The van der Waals surface area contributed by atoms with Gasteiger partial charge in [0, 0.05) is 17.8 Å². The normalized spacial score (nSPS) is 14.4. The summed E-state index contributed by atoms with van der Waals surface area (Å²) in [4.78, 5) is 25.0. The molecule has 1 aliphatic heterocycles. The first-order valence-electron chi connectivity index (χ1n) is 6.39. The highest BCUT2D eigenvalue weighted by atomic mass is 16.4. The largest absolute Gasteiger partial charge is 0.478 e. The zero-order valence-electron chi connectivity index (χ0n) is 11.1. The second kappa shape index (κ2) is 5.26. The summed E-state index contributed by atoms with van der Waals surface area (Å²) >= 11 is 0. The molecule has 1 aromatic carbocycles. The number of carbonyl (C=O) groups is 2. The summed E-state index contributed by atoms with van der Waals surface area (Å²) in [6.07, 6.45) is 3.48. The Hall–Kier alpha value is -2.10. The Balaban J connectivity index is 2.35. The van der Waals surface area contributed by atoms with E-state index in [9.17, 15) is 9.59 Å². The van der Waals surface area contributed by atoms with Gasteiger partial charge in [-0.05, 0) is 37.5 Å². The highest BCUT2D eigenvalue weighted by Crippen LogP contribution is 2.30. The summed E-state index contributed by atoms with van der Waals surface area (Å²) in [7, 11) is 0. The van der Waals surface area contributed by atoms with Crippen molar-refractivity contribution in [1.29, 1.82) is 0 Å². The predicted octanol–water partition coefficient (Wildman–Crippen LogP) is 2.63. The van der Waals surface area contributed by atoms with Crippen LogP contribution in [0.4, 0.5) is 5.69 Å². The number of hydrogen-bond acceptors (Lipinski definition) is 2. The van der Waals surface area contributed by atoms with Gasteiger partial charge in [-0.1, -0.05) is 19.1 Å². The van der Waals surface area contributed by atoms with Gasteiger partial charge in [-0.3, -0.25) is 4.79 Å². The third-order valence-electron chi connectivity index (χ3n) is 3.32. The molecule has 1 aromatic rings. The molecule has 0 saturated heterocycles. The van der Waals surface area contributed by atoms with Crippen molar-refractivity contribution >= 4 is 17.6 Å². The fourth-order valence-electron chi connectivity index (χ4n) is 2.33. The van der Waals surface area contributed by atoms with Crippen molar-refractivity contribution in [2.24, 2.45) is 0 Å². The summed E-state index contributed by atoms with van der Waals surface area (Å²) in [5, 5.41) is 9.02. The SMILES string of the molecule is CC/C=C(/C)C(=O)N1CCc2ccc(C(=O)O)cc21. The van der Waals surface area contributed by atoms with E-state index in [1.54, 1.807) is 30.0 Å². The number of allylic oxidation sites excluding steroid dienone is 1. The lowest BCUT2D eigenvalue weighted by atomic mass is 10.1. The molecule has 0 spiro atoms. The average Bonchev–Trinajstić information content (AvgIpc) is 2.80. The van der Waals surface area contributed by atoms with Crippen molar-refractivity contribution in [2.75, 3.05) is 11.4 Å². The van der Waals surface area contributed by atoms with Gasteiger partial charge in [0.05, 0.1) is 5.56 Å². The standard InChI is InChI=1S/C15H17NO3/c1-3-4-10(2)14(17)16-8-7-11-5-6-12(15(18)19)9-13(11)16/h4-6,9H,3,7-8H2,1-2H3,(H,18,19)/b10-4-. The van der Waals surface area contributed by atoms with Crippen LogP contribution in [0, 0.1) is 0 Å². The zero-order valence-corrected chi connectivity index (χ0v) is 11.1. The molecule has 0 atom stereocenters. The number of benzene rings is 1. The lowest BCUT2D eigenvalue weighted by Crippen LogP contribution is -2.29. The fourth-order valence-corrected chi connectivity index (χ4v) is 2.33. The number of rotatable bonds is 3. The topological polar surface area (TPSA) is 57.6 Å². The molecule has 1 amide bonds. The van der Waals surface area contributed by atoms with Gasteiger partial charge in [0.1, 0.15) is 0 Å². The van der Waals surface area contributed by atoms with Crippen LogP contribution in [0.15, 0.2) is 29.8 Å². The molecular weight excluding hydrogens is 242 g/mol. The predicted molar refractivity (Wildman–Crippen MR) is 73.5 cm³/mol.